The molecule has 2 aliphatic heterocycles. The number of aliphatic imine (C=N–C) groups is 1. The van der Waals surface area contributed by atoms with Gasteiger partial charge in [0.2, 0.25) is 0 Å². The quantitative estimate of drug-likeness (QED) is 0.555. The van der Waals surface area contributed by atoms with E-state index in [0.29, 0.717) is 18.2 Å². The molecular formula is C19H35N3O3S. The van der Waals surface area contributed by atoms with Crippen LogP contribution < -0.4 is 5.32 Å². The minimum atomic E-state index is -2.85. The highest BCUT2D eigenvalue weighted by Crippen LogP contribution is 2.24. The van der Waals surface area contributed by atoms with Crippen molar-refractivity contribution in [2.45, 2.75) is 58.0 Å². The number of guanidine groups is 1. The third-order valence-electron chi connectivity index (χ3n) is 6.31. The first kappa shape index (κ1) is 19.9. The number of sulfone groups is 1. The normalized spacial score (nSPS) is 31.3. The van der Waals surface area contributed by atoms with E-state index in [0.717, 1.165) is 44.4 Å². The van der Waals surface area contributed by atoms with Gasteiger partial charge in [-0.1, -0.05) is 19.3 Å². The van der Waals surface area contributed by atoms with E-state index in [9.17, 15) is 13.5 Å². The third kappa shape index (κ3) is 5.59. The Balaban J connectivity index is 1.59. The molecule has 3 fully saturated rings. The van der Waals surface area contributed by atoms with Gasteiger partial charge in [-0.2, -0.15) is 0 Å². The monoisotopic (exact) mass is 385 g/mol. The second-order valence-electron chi connectivity index (χ2n) is 8.55. The first-order valence-electron chi connectivity index (χ1n) is 10.3. The summed E-state index contributed by atoms with van der Waals surface area (Å²) in [4.78, 5) is 7.07. The lowest BCUT2D eigenvalue weighted by Crippen LogP contribution is -2.43. The van der Waals surface area contributed by atoms with Crippen LogP contribution in [0, 0.1) is 17.8 Å². The van der Waals surface area contributed by atoms with Crippen LogP contribution in [0.3, 0.4) is 0 Å². The molecule has 0 bridgehead atoms. The average Bonchev–Trinajstić information content (AvgIpc) is 3.23. The molecule has 0 radical (unpaired) electrons. The summed E-state index contributed by atoms with van der Waals surface area (Å²) in [7, 11) is -2.85. The summed E-state index contributed by atoms with van der Waals surface area (Å²) in [5, 5.41) is 13.5. The lowest BCUT2D eigenvalue weighted by atomic mass is 9.89. The number of nitrogens with one attached hydrogen (secondary N) is 1. The molecule has 2 N–H and O–H groups in total. The molecule has 3 aliphatic rings. The van der Waals surface area contributed by atoms with Gasteiger partial charge >= 0.3 is 0 Å². The van der Waals surface area contributed by atoms with E-state index in [1.807, 2.05) is 6.92 Å². The van der Waals surface area contributed by atoms with Crippen LogP contribution >= 0.6 is 0 Å². The molecule has 7 heteroatoms. The van der Waals surface area contributed by atoms with E-state index in [4.69, 9.17) is 4.99 Å². The van der Waals surface area contributed by atoms with Crippen molar-refractivity contribution in [3.05, 3.63) is 0 Å². The Hall–Kier alpha value is -0.820. The summed E-state index contributed by atoms with van der Waals surface area (Å²) in [5.41, 5.74) is 0. The number of hydrogen-bond acceptors (Lipinski definition) is 4. The Labute approximate surface area is 158 Å². The Kier molecular flexibility index (Phi) is 6.83. The van der Waals surface area contributed by atoms with Crippen molar-refractivity contribution in [1.29, 1.82) is 0 Å². The van der Waals surface area contributed by atoms with Gasteiger partial charge in [0.25, 0.3) is 0 Å². The highest BCUT2D eigenvalue weighted by molar-refractivity contribution is 7.91. The van der Waals surface area contributed by atoms with Crippen molar-refractivity contribution in [2.75, 3.05) is 37.7 Å². The molecule has 0 aromatic rings. The van der Waals surface area contributed by atoms with Crippen LogP contribution in [-0.2, 0) is 9.84 Å². The maximum Gasteiger partial charge on any atom is 0.193 e. The van der Waals surface area contributed by atoms with Gasteiger partial charge in [0, 0.05) is 32.1 Å². The van der Waals surface area contributed by atoms with Crippen molar-refractivity contribution in [3.8, 4) is 0 Å². The maximum absolute atomic E-state index is 11.7. The number of rotatable bonds is 5. The predicted octanol–water partition coefficient (Wildman–Crippen LogP) is 1.65. The number of aliphatic hydroxyl groups excluding tert-OH is 1. The van der Waals surface area contributed by atoms with Crippen molar-refractivity contribution in [3.63, 3.8) is 0 Å². The second kappa shape index (κ2) is 8.91. The minimum absolute atomic E-state index is 0.154. The van der Waals surface area contributed by atoms with E-state index in [1.165, 1.54) is 32.1 Å². The summed E-state index contributed by atoms with van der Waals surface area (Å²) < 4.78 is 23.4. The van der Waals surface area contributed by atoms with Crippen LogP contribution in [0.5, 0.6) is 0 Å². The summed E-state index contributed by atoms with van der Waals surface area (Å²) in [5.74, 6) is 2.68. The fourth-order valence-electron chi connectivity index (χ4n) is 4.50. The Morgan fingerprint density at radius 3 is 2.58 bits per heavy atom. The van der Waals surface area contributed by atoms with Crippen molar-refractivity contribution in [2.24, 2.45) is 22.7 Å². The zero-order chi connectivity index (χ0) is 18.6. The van der Waals surface area contributed by atoms with Crippen molar-refractivity contribution < 1.29 is 13.5 Å². The molecule has 1 aliphatic carbocycles. The largest absolute Gasteiger partial charge is 0.393 e. The number of aliphatic hydroxyl groups is 1. The zero-order valence-electron chi connectivity index (χ0n) is 16.1. The molecule has 2 heterocycles. The first-order valence-corrected chi connectivity index (χ1v) is 12.2. The molecule has 3 unspecified atom stereocenters. The van der Waals surface area contributed by atoms with E-state index in [2.05, 4.69) is 10.2 Å². The van der Waals surface area contributed by atoms with Gasteiger partial charge in [-0.15, -0.1) is 0 Å². The van der Waals surface area contributed by atoms with Gasteiger partial charge in [-0.25, -0.2) is 8.42 Å². The summed E-state index contributed by atoms with van der Waals surface area (Å²) in [6.07, 6.45) is 8.01. The summed E-state index contributed by atoms with van der Waals surface area (Å²) in [6, 6.07) is 0. The van der Waals surface area contributed by atoms with Crippen LogP contribution in [0.2, 0.25) is 0 Å². The van der Waals surface area contributed by atoms with Crippen molar-refractivity contribution in [1.82, 2.24) is 10.2 Å². The van der Waals surface area contributed by atoms with Gasteiger partial charge in [0.1, 0.15) is 0 Å². The average molecular weight is 386 g/mol. The highest BCUT2D eigenvalue weighted by Gasteiger charge is 2.30. The Bertz CT molecular complexity index is 585. The molecule has 3 atom stereocenters. The van der Waals surface area contributed by atoms with Gasteiger partial charge in [-0.3, -0.25) is 4.99 Å². The fourth-order valence-corrected chi connectivity index (χ4v) is 6.35. The molecule has 0 aromatic carbocycles. The predicted molar refractivity (Wildman–Crippen MR) is 105 cm³/mol. The molecular weight excluding hydrogens is 350 g/mol. The first-order chi connectivity index (χ1) is 12.4. The third-order valence-corrected chi connectivity index (χ3v) is 8.14. The molecule has 1 saturated carbocycles. The number of nitrogens with zero attached hydrogens (tertiary/aromatic N) is 2. The molecule has 2 saturated heterocycles. The minimum Gasteiger partial charge on any atom is -0.393 e. The fraction of sp³-hybridized carbons (Fsp3) is 0.947. The second-order valence-corrected chi connectivity index (χ2v) is 10.8. The topological polar surface area (TPSA) is 82.0 Å². The molecule has 6 nitrogen and oxygen atoms in total. The van der Waals surface area contributed by atoms with Gasteiger partial charge in [0.05, 0.1) is 17.6 Å². The molecule has 150 valence electrons. The standard InChI is InChI=1S/C19H35N3O3S/c1-15(23)18-7-9-22(13-18)19(20-11-16-5-3-2-4-6-16)21-12-17-8-10-26(24,25)14-17/h15-18,23H,2-14H2,1H3,(H,20,21). The maximum atomic E-state index is 11.7. The van der Waals surface area contributed by atoms with Gasteiger partial charge < -0.3 is 15.3 Å². The lowest BCUT2D eigenvalue weighted by molar-refractivity contribution is 0.132. The SMILES string of the molecule is CC(O)C1CCN(C(=NCC2CCS(=O)(=O)C2)NCC2CCCCC2)C1. The van der Waals surface area contributed by atoms with Crippen LogP contribution in [-0.4, -0.2) is 68.2 Å². The van der Waals surface area contributed by atoms with E-state index in [1.54, 1.807) is 0 Å². The van der Waals surface area contributed by atoms with Crippen LogP contribution in [0.15, 0.2) is 4.99 Å². The van der Waals surface area contributed by atoms with Crippen LogP contribution in [0.25, 0.3) is 0 Å². The Morgan fingerprint density at radius 2 is 1.96 bits per heavy atom. The van der Waals surface area contributed by atoms with Crippen molar-refractivity contribution >= 4 is 15.8 Å². The van der Waals surface area contributed by atoms with E-state index < -0.39 is 9.84 Å². The summed E-state index contributed by atoms with van der Waals surface area (Å²) >= 11 is 0. The zero-order valence-corrected chi connectivity index (χ0v) is 16.9. The summed E-state index contributed by atoms with van der Waals surface area (Å²) in [6.45, 7) is 5.15. The lowest BCUT2D eigenvalue weighted by Gasteiger charge is -2.27. The van der Waals surface area contributed by atoms with Gasteiger partial charge in [-0.05, 0) is 44.4 Å². The van der Waals surface area contributed by atoms with Crippen LogP contribution in [0.4, 0.5) is 0 Å². The number of hydrogen-bond donors (Lipinski definition) is 2. The molecule has 0 aromatic heterocycles. The molecule has 26 heavy (non-hydrogen) atoms. The smallest absolute Gasteiger partial charge is 0.193 e. The van der Waals surface area contributed by atoms with Crippen LogP contribution in [0.1, 0.15) is 51.9 Å². The molecule has 0 amide bonds. The molecule has 3 rings (SSSR count). The number of likely N-dealkylation sites (tertiary alicyclic amines) is 1. The highest BCUT2D eigenvalue weighted by atomic mass is 32.2. The van der Waals surface area contributed by atoms with E-state index in [-0.39, 0.29) is 17.8 Å². The Morgan fingerprint density at radius 1 is 1.19 bits per heavy atom. The van der Waals surface area contributed by atoms with Gasteiger partial charge in [0.15, 0.2) is 15.8 Å². The molecule has 0 spiro atoms. The van der Waals surface area contributed by atoms with E-state index >= 15 is 0 Å².